The second kappa shape index (κ2) is 1.89. The fourth-order valence-electron chi connectivity index (χ4n) is 1.67. The van der Waals surface area contributed by atoms with Crippen molar-refractivity contribution in [3.63, 3.8) is 0 Å². The van der Waals surface area contributed by atoms with E-state index in [1.54, 1.807) is 0 Å². The lowest BCUT2D eigenvalue weighted by Gasteiger charge is -2.42. The first-order valence-corrected chi connectivity index (χ1v) is 4.67. The van der Waals surface area contributed by atoms with Gasteiger partial charge in [0.25, 0.3) is 0 Å². The molecule has 1 nitrogen and oxygen atoms in total. The third-order valence-electron chi connectivity index (χ3n) is 2.69. The van der Waals surface area contributed by atoms with E-state index in [-0.39, 0.29) is 0 Å². The van der Waals surface area contributed by atoms with Crippen molar-refractivity contribution in [3.05, 3.63) is 0 Å². The average Bonchev–Trinajstić information content (AvgIpc) is 2.07. The van der Waals surface area contributed by atoms with E-state index < -0.39 is 0 Å². The molecule has 0 aromatic carbocycles. The highest BCUT2D eigenvalue weighted by atomic mass is 32.2. The zero-order chi connectivity index (χ0) is 6.32. The highest BCUT2D eigenvalue weighted by Crippen LogP contribution is 2.45. The van der Waals surface area contributed by atoms with E-state index in [1.165, 1.54) is 25.3 Å². The van der Waals surface area contributed by atoms with Gasteiger partial charge in [-0.1, -0.05) is 6.92 Å². The molecule has 1 N–H and O–H groups in total. The first-order valence-electron chi connectivity index (χ1n) is 3.68. The lowest BCUT2D eigenvalue weighted by Crippen LogP contribution is -2.58. The van der Waals surface area contributed by atoms with Gasteiger partial charge in [0.15, 0.2) is 0 Å². The van der Waals surface area contributed by atoms with Crippen LogP contribution in [0, 0.1) is 5.92 Å². The Hall–Kier alpha value is 0.310. The van der Waals surface area contributed by atoms with Crippen LogP contribution in [0.2, 0.25) is 0 Å². The molecule has 0 aromatic heterocycles. The lowest BCUT2D eigenvalue weighted by atomic mass is 9.86. The maximum atomic E-state index is 3.35. The predicted octanol–water partition coefficient (Wildman–Crippen LogP) is 1.10. The third kappa shape index (κ3) is 0.729. The van der Waals surface area contributed by atoms with Crippen molar-refractivity contribution < 1.29 is 0 Å². The molecule has 2 fully saturated rings. The zero-order valence-corrected chi connectivity index (χ0v) is 6.63. The molecule has 0 amide bonds. The van der Waals surface area contributed by atoms with Gasteiger partial charge < -0.3 is 5.32 Å². The van der Waals surface area contributed by atoms with Crippen molar-refractivity contribution in [2.45, 2.75) is 18.1 Å². The summed E-state index contributed by atoms with van der Waals surface area (Å²) in [6.07, 6.45) is 1.44. The summed E-state index contributed by atoms with van der Waals surface area (Å²) < 4.78 is 0.681. The van der Waals surface area contributed by atoms with Crippen LogP contribution in [0.25, 0.3) is 0 Å². The van der Waals surface area contributed by atoms with E-state index in [1.807, 2.05) is 0 Å². The molecule has 0 saturated carbocycles. The van der Waals surface area contributed by atoms with Crippen LogP contribution in [-0.4, -0.2) is 23.6 Å². The molecule has 0 aromatic rings. The summed E-state index contributed by atoms with van der Waals surface area (Å²) in [5, 5.41) is 3.35. The van der Waals surface area contributed by atoms with Gasteiger partial charge in [-0.3, -0.25) is 0 Å². The molecule has 0 radical (unpaired) electrons. The van der Waals surface area contributed by atoms with Crippen molar-refractivity contribution in [2.24, 2.45) is 5.92 Å². The topological polar surface area (TPSA) is 12.0 Å². The summed E-state index contributed by atoms with van der Waals surface area (Å²) >= 11 is 2.18. The number of rotatable bonds is 0. The molecule has 1 spiro atoms. The summed E-state index contributed by atoms with van der Waals surface area (Å²) in [6.45, 7) is 4.92. The normalized spacial score (nSPS) is 39.0. The molecule has 52 valence electrons. The van der Waals surface area contributed by atoms with Gasteiger partial charge in [0, 0.05) is 17.8 Å². The number of nitrogens with one attached hydrogen (secondary N) is 1. The average molecular weight is 143 g/mol. The Labute approximate surface area is 60.6 Å². The fourth-order valence-corrected chi connectivity index (χ4v) is 3.35. The molecule has 2 saturated heterocycles. The van der Waals surface area contributed by atoms with E-state index >= 15 is 0 Å². The van der Waals surface area contributed by atoms with Gasteiger partial charge in [-0.25, -0.2) is 0 Å². The maximum absolute atomic E-state index is 3.35. The Balaban J connectivity index is 2.09. The molecule has 2 rings (SSSR count). The van der Waals surface area contributed by atoms with Gasteiger partial charge in [-0.05, 0) is 18.1 Å². The van der Waals surface area contributed by atoms with Gasteiger partial charge in [0.05, 0.1) is 0 Å². The third-order valence-corrected chi connectivity index (χ3v) is 4.39. The summed E-state index contributed by atoms with van der Waals surface area (Å²) in [5.41, 5.74) is 0. The van der Waals surface area contributed by atoms with E-state index in [0.29, 0.717) is 4.75 Å². The van der Waals surface area contributed by atoms with Crippen molar-refractivity contribution in [2.75, 3.05) is 18.8 Å². The van der Waals surface area contributed by atoms with E-state index in [0.717, 1.165) is 5.92 Å². The Morgan fingerprint density at radius 1 is 1.56 bits per heavy atom. The molecule has 0 bridgehead atoms. The van der Waals surface area contributed by atoms with Crippen LogP contribution in [0.1, 0.15) is 13.3 Å². The molecular formula is C7H13NS. The highest BCUT2D eigenvalue weighted by molar-refractivity contribution is 8.01. The van der Waals surface area contributed by atoms with Crippen LogP contribution in [-0.2, 0) is 0 Å². The lowest BCUT2D eigenvalue weighted by molar-refractivity contribution is 0.302. The van der Waals surface area contributed by atoms with Crippen LogP contribution < -0.4 is 5.32 Å². The largest absolute Gasteiger partial charge is 0.314 e. The van der Waals surface area contributed by atoms with Crippen LogP contribution in [0.5, 0.6) is 0 Å². The SMILES string of the molecule is C[C@@H]1CCSC12CNC2. The van der Waals surface area contributed by atoms with Gasteiger partial charge in [0.1, 0.15) is 0 Å². The molecular weight excluding hydrogens is 130 g/mol. The molecule has 1 atom stereocenters. The standard InChI is InChI=1S/C7H13NS/c1-6-2-3-9-7(6)4-8-5-7/h6,8H,2-5H2,1H3/t6-/m1/s1. The maximum Gasteiger partial charge on any atom is 0.0434 e. The number of hydrogen-bond acceptors (Lipinski definition) is 2. The van der Waals surface area contributed by atoms with Crippen LogP contribution in [0.3, 0.4) is 0 Å². The molecule has 2 aliphatic rings. The molecule has 2 aliphatic heterocycles. The highest BCUT2D eigenvalue weighted by Gasteiger charge is 2.45. The fraction of sp³-hybridized carbons (Fsp3) is 1.00. The number of thioether (sulfide) groups is 1. The van der Waals surface area contributed by atoms with Gasteiger partial charge >= 0.3 is 0 Å². The molecule has 2 heterocycles. The van der Waals surface area contributed by atoms with Crippen molar-refractivity contribution in [1.29, 1.82) is 0 Å². The second-order valence-electron chi connectivity index (χ2n) is 3.21. The van der Waals surface area contributed by atoms with Crippen molar-refractivity contribution in [3.8, 4) is 0 Å². The minimum atomic E-state index is 0.681. The van der Waals surface area contributed by atoms with Gasteiger partial charge in [0.2, 0.25) is 0 Å². The second-order valence-corrected chi connectivity index (χ2v) is 4.72. The minimum absolute atomic E-state index is 0.681. The molecule has 9 heavy (non-hydrogen) atoms. The Kier molecular flexibility index (Phi) is 1.27. The first-order chi connectivity index (χ1) is 4.33. The first kappa shape index (κ1) is 6.05. The Bertz CT molecular complexity index is 120. The minimum Gasteiger partial charge on any atom is -0.314 e. The van der Waals surface area contributed by atoms with Gasteiger partial charge in [-0.2, -0.15) is 11.8 Å². The molecule has 0 unspecified atom stereocenters. The van der Waals surface area contributed by atoms with Crippen molar-refractivity contribution in [1.82, 2.24) is 5.32 Å². The molecule has 2 heteroatoms. The predicted molar refractivity (Wildman–Crippen MR) is 41.8 cm³/mol. The summed E-state index contributed by atoms with van der Waals surface area (Å²) in [5.74, 6) is 2.35. The van der Waals surface area contributed by atoms with E-state index in [9.17, 15) is 0 Å². The summed E-state index contributed by atoms with van der Waals surface area (Å²) in [4.78, 5) is 0. The zero-order valence-electron chi connectivity index (χ0n) is 5.81. The quantitative estimate of drug-likeness (QED) is 0.545. The monoisotopic (exact) mass is 143 g/mol. The van der Waals surface area contributed by atoms with Crippen LogP contribution >= 0.6 is 11.8 Å². The summed E-state index contributed by atoms with van der Waals surface area (Å²) in [6, 6.07) is 0. The summed E-state index contributed by atoms with van der Waals surface area (Å²) in [7, 11) is 0. The smallest absolute Gasteiger partial charge is 0.0434 e. The van der Waals surface area contributed by atoms with E-state index in [4.69, 9.17) is 0 Å². The van der Waals surface area contributed by atoms with Crippen LogP contribution in [0.4, 0.5) is 0 Å². The number of hydrogen-bond donors (Lipinski definition) is 1. The van der Waals surface area contributed by atoms with Crippen molar-refractivity contribution >= 4 is 11.8 Å². The van der Waals surface area contributed by atoms with Crippen LogP contribution in [0.15, 0.2) is 0 Å². The van der Waals surface area contributed by atoms with E-state index in [2.05, 4.69) is 24.0 Å². The Morgan fingerprint density at radius 2 is 2.33 bits per heavy atom. The Morgan fingerprint density at radius 3 is 2.56 bits per heavy atom. The molecule has 0 aliphatic carbocycles. The van der Waals surface area contributed by atoms with Gasteiger partial charge in [-0.15, -0.1) is 0 Å².